The molecule has 5 nitrogen and oxygen atoms in total. The van der Waals surface area contributed by atoms with Gasteiger partial charge in [-0.05, 0) is 12.8 Å². The van der Waals surface area contributed by atoms with Gasteiger partial charge in [-0.15, -0.1) is 0 Å². The Labute approximate surface area is 116 Å². The normalized spacial score (nSPS) is 11.5. The summed E-state index contributed by atoms with van der Waals surface area (Å²) in [5.41, 5.74) is 0. The summed E-state index contributed by atoms with van der Waals surface area (Å²) in [4.78, 5) is 14.1. The Kier molecular flexibility index (Phi) is 10.9. The van der Waals surface area contributed by atoms with E-state index < -0.39 is 15.8 Å². The van der Waals surface area contributed by atoms with Crippen molar-refractivity contribution in [2.24, 2.45) is 0 Å². The SMILES string of the molecule is CCCCCCCCCS(=O)(=O)CCCC(=O)OO. The van der Waals surface area contributed by atoms with E-state index in [2.05, 4.69) is 11.8 Å². The first-order valence-corrected chi connectivity index (χ1v) is 8.88. The Morgan fingerprint density at radius 1 is 0.947 bits per heavy atom. The van der Waals surface area contributed by atoms with Crippen molar-refractivity contribution in [3.63, 3.8) is 0 Å². The number of unbranched alkanes of at least 4 members (excludes halogenated alkanes) is 6. The highest BCUT2D eigenvalue weighted by molar-refractivity contribution is 7.91. The van der Waals surface area contributed by atoms with Gasteiger partial charge in [-0.2, -0.15) is 5.26 Å². The van der Waals surface area contributed by atoms with Crippen molar-refractivity contribution in [1.29, 1.82) is 0 Å². The molecule has 0 aromatic heterocycles. The minimum atomic E-state index is -3.07. The Bertz CT molecular complexity index is 324. The molecule has 0 spiro atoms. The summed E-state index contributed by atoms with van der Waals surface area (Å²) >= 11 is 0. The van der Waals surface area contributed by atoms with Crippen LogP contribution < -0.4 is 0 Å². The maximum absolute atomic E-state index is 11.6. The molecule has 0 saturated carbocycles. The Balaban J connectivity index is 3.54. The standard InChI is InChI=1S/C13H26O5S/c1-2-3-4-5-6-7-8-11-19(16,17)12-9-10-13(14)18-15/h15H,2-12H2,1H3. The smallest absolute Gasteiger partial charge is 0.301 e. The van der Waals surface area contributed by atoms with E-state index >= 15 is 0 Å². The van der Waals surface area contributed by atoms with Crippen LogP contribution in [0.1, 0.15) is 64.7 Å². The van der Waals surface area contributed by atoms with Gasteiger partial charge in [0.05, 0.1) is 11.5 Å². The van der Waals surface area contributed by atoms with E-state index in [1.165, 1.54) is 25.7 Å². The fourth-order valence-electron chi connectivity index (χ4n) is 1.86. The molecule has 0 unspecified atom stereocenters. The van der Waals surface area contributed by atoms with E-state index in [4.69, 9.17) is 5.26 Å². The monoisotopic (exact) mass is 294 g/mol. The summed E-state index contributed by atoms with van der Waals surface area (Å²) in [7, 11) is -3.07. The number of sulfone groups is 1. The van der Waals surface area contributed by atoms with Crippen LogP contribution in [0.5, 0.6) is 0 Å². The average Bonchev–Trinajstić information content (AvgIpc) is 2.37. The van der Waals surface area contributed by atoms with E-state index in [-0.39, 0.29) is 24.3 Å². The Morgan fingerprint density at radius 2 is 1.47 bits per heavy atom. The van der Waals surface area contributed by atoms with Crippen LogP contribution in [-0.4, -0.2) is 31.2 Å². The summed E-state index contributed by atoms with van der Waals surface area (Å²) in [5.74, 6) is -0.612. The van der Waals surface area contributed by atoms with Crippen LogP contribution in [0.25, 0.3) is 0 Å². The summed E-state index contributed by atoms with van der Waals surface area (Å²) in [6.07, 6.45) is 7.74. The molecule has 0 fully saturated rings. The molecule has 0 aliphatic rings. The predicted octanol–water partition coefficient (Wildman–Crippen LogP) is 2.95. The lowest BCUT2D eigenvalue weighted by molar-refractivity contribution is -0.234. The third-order valence-electron chi connectivity index (χ3n) is 3.00. The molecule has 114 valence electrons. The summed E-state index contributed by atoms with van der Waals surface area (Å²) in [5, 5.41) is 8.03. The fraction of sp³-hybridized carbons (Fsp3) is 0.923. The molecular weight excluding hydrogens is 268 g/mol. The molecule has 0 aromatic carbocycles. The molecule has 1 N–H and O–H groups in total. The molecule has 19 heavy (non-hydrogen) atoms. The number of carbonyl (C=O) groups excluding carboxylic acids is 1. The van der Waals surface area contributed by atoms with Crippen LogP contribution in [0.4, 0.5) is 0 Å². The maximum Gasteiger partial charge on any atom is 0.342 e. The molecule has 0 saturated heterocycles. The van der Waals surface area contributed by atoms with Crippen LogP contribution in [0.2, 0.25) is 0 Å². The van der Waals surface area contributed by atoms with Crippen LogP contribution in [0.3, 0.4) is 0 Å². The molecule has 0 radical (unpaired) electrons. The van der Waals surface area contributed by atoms with Gasteiger partial charge in [0.15, 0.2) is 0 Å². The van der Waals surface area contributed by atoms with Crippen LogP contribution >= 0.6 is 0 Å². The lowest BCUT2D eigenvalue weighted by Gasteiger charge is -2.04. The molecule has 0 bridgehead atoms. The van der Waals surface area contributed by atoms with E-state index in [0.29, 0.717) is 6.42 Å². The molecule has 0 rings (SSSR count). The molecule has 0 aliphatic carbocycles. The van der Waals surface area contributed by atoms with Crippen LogP contribution in [-0.2, 0) is 19.5 Å². The van der Waals surface area contributed by atoms with Gasteiger partial charge in [0, 0.05) is 6.42 Å². The zero-order valence-corrected chi connectivity index (χ0v) is 12.6. The Morgan fingerprint density at radius 3 is 2.05 bits per heavy atom. The highest BCUT2D eigenvalue weighted by Gasteiger charge is 2.12. The van der Waals surface area contributed by atoms with Gasteiger partial charge >= 0.3 is 5.97 Å². The number of rotatable bonds is 12. The first-order chi connectivity index (χ1) is 9.02. The van der Waals surface area contributed by atoms with Gasteiger partial charge in [-0.3, -0.25) is 0 Å². The van der Waals surface area contributed by atoms with E-state index in [1.807, 2.05) is 0 Å². The van der Waals surface area contributed by atoms with Crippen molar-refractivity contribution in [3.8, 4) is 0 Å². The molecule has 0 heterocycles. The summed E-state index contributed by atoms with van der Waals surface area (Å²) < 4.78 is 23.2. The second-order valence-corrected chi connectivity index (χ2v) is 7.14. The predicted molar refractivity (Wildman–Crippen MR) is 74.6 cm³/mol. The topological polar surface area (TPSA) is 80.7 Å². The molecule has 0 aliphatic heterocycles. The van der Waals surface area contributed by atoms with Crippen molar-refractivity contribution in [3.05, 3.63) is 0 Å². The van der Waals surface area contributed by atoms with Crippen molar-refractivity contribution in [2.75, 3.05) is 11.5 Å². The number of carbonyl (C=O) groups is 1. The van der Waals surface area contributed by atoms with Gasteiger partial charge in [0.25, 0.3) is 0 Å². The van der Waals surface area contributed by atoms with Crippen molar-refractivity contribution in [2.45, 2.75) is 64.7 Å². The van der Waals surface area contributed by atoms with Crippen LogP contribution in [0.15, 0.2) is 0 Å². The lowest BCUT2D eigenvalue weighted by atomic mass is 10.1. The third-order valence-corrected chi connectivity index (χ3v) is 4.82. The second-order valence-electron chi connectivity index (χ2n) is 4.84. The van der Waals surface area contributed by atoms with Crippen molar-refractivity contribution < 1.29 is 23.4 Å². The number of hydrogen-bond acceptors (Lipinski definition) is 5. The zero-order valence-electron chi connectivity index (χ0n) is 11.8. The molecule has 0 amide bonds. The minimum absolute atomic E-state index is 0.0159. The van der Waals surface area contributed by atoms with Crippen molar-refractivity contribution in [1.82, 2.24) is 0 Å². The highest BCUT2D eigenvalue weighted by atomic mass is 32.2. The molecule has 6 heteroatoms. The zero-order chi connectivity index (χ0) is 14.6. The van der Waals surface area contributed by atoms with Gasteiger partial charge in [-0.1, -0.05) is 45.4 Å². The minimum Gasteiger partial charge on any atom is -0.301 e. The maximum atomic E-state index is 11.6. The first-order valence-electron chi connectivity index (χ1n) is 7.06. The van der Waals surface area contributed by atoms with E-state index in [1.54, 1.807) is 0 Å². The van der Waals surface area contributed by atoms with Gasteiger partial charge in [-0.25, -0.2) is 13.2 Å². The van der Waals surface area contributed by atoms with Gasteiger partial charge < -0.3 is 4.89 Å². The first kappa shape index (κ1) is 18.4. The molecular formula is C13H26O5S. The highest BCUT2D eigenvalue weighted by Crippen LogP contribution is 2.09. The average molecular weight is 294 g/mol. The van der Waals surface area contributed by atoms with Gasteiger partial charge in [0.2, 0.25) is 0 Å². The van der Waals surface area contributed by atoms with Gasteiger partial charge in [0.1, 0.15) is 9.84 Å². The molecule has 0 aromatic rings. The third kappa shape index (κ3) is 12.2. The summed E-state index contributed by atoms with van der Waals surface area (Å²) in [6.45, 7) is 2.17. The van der Waals surface area contributed by atoms with E-state index in [9.17, 15) is 13.2 Å². The fourth-order valence-corrected chi connectivity index (χ4v) is 3.30. The Hall–Kier alpha value is -0.620. The second kappa shape index (κ2) is 11.2. The van der Waals surface area contributed by atoms with Crippen molar-refractivity contribution >= 4 is 15.8 Å². The molecule has 0 atom stereocenters. The van der Waals surface area contributed by atoms with Crippen LogP contribution in [0, 0.1) is 0 Å². The summed E-state index contributed by atoms with van der Waals surface area (Å²) in [6, 6.07) is 0. The van der Waals surface area contributed by atoms with E-state index in [0.717, 1.165) is 12.8 Å². The lowest BCUT2D eigenvalue weighted by Crippen LogP contribution is -2.13. The quantitative estimate of drug-likeness (QED) is 0.340. The number of hydrogen-bond donors (Lipinski definition) is 1. The largest absolute Gasteiger partial charge is 0.342 e.